The molecule has 3 heterocycles. The van der Waals surface area contributed by atoms with E-state index in [1.165, 1.54) is 11.1 Å². The van der Waals surface area contributed by atoms with Gasteiger partial charge in [-0.15, -0.1) is 10.2 Å². The Morgan fingerprint density at radius 2 is 2.00 bits per heavy atom. The molecule has 26 heavy (non-hydrogen) atoms. The Kier molecular flexibility index (Phi) is 5.11. The SMILES string of the molecule is CC(c1ccc2c(c1)OCC2)N1CCN(c2nnc(CN(C)C)s2)CC1. The molecule has 0 aliphatic carbocycles. The van der Waals surface area contributed by atoms with Gasteiger partial charge < -0.3 is 14.5 Å². The first-order valence-corrected chi connectivity index (χ1v) is 10.1. The van der Waals surface area contributed by atoms with Crippen LogP contribution in [0, 0.1) is 0 Å². The van der Waals surface area contributed by atoms with Crippen molar-refractivity contribution in [2.75, 3.05) is 51.8 Å². The van der Waals surface area contributed by atoms with Gasteiger partial charge in [0, 0.05) is 38.6 Å². The third kappa shape index (κ3) is 3.70. The molecular formula is C19H27N5OS. The molecule has 1 saturated heterocycles. The van der Waals surface area contributed by atoms with Gasteiger partial charge in [0.25, 0.3) is 0 Å². The van der Waals surface area contributed by atoms with Gasteiger partial charge >= 0.3 is 0 Å². The average molecular weight is 374 g/mol. The van der Waals surface area contributed by atoms with E-state index in [4.69, 9.17) is 4.74 Å². The van der Waals surface area contributed by atoms with Crippen molar-refractivity contribution in [3.8, 4) is 5.75 Å². The number of aromatic nitrogens is 2. The highest BCUT2D eigenvalue weighted by atomic mass is 32.1. The number of nitrogens with zero attached hydrogens (tertiary/aromatic N) is 5. The molecular weight excluding hydrogens is 346 g/mol. The number of piperazine rings is 1. The van der Waals surface area contributed by atoms with Crippen molar-refractivity contribution in [2.24, 2.45) is 0 Å². The van der Waals surface area contributed by atoms with E-state index < -0.39 is 0 Å². The number of ether oxygens (including phenoxy) is 1. The topological polar surface area (TPSA) is 44.7 Å². The highest BCUT2D eigenvalue weighted by Gasteiger charge is 2.25. The van der Waals surface area contributed by atoms with Gasteiger partial charge in [-0.2, -0.15) is 0 Å². The average Bonchev–Trinajstić information content (AvgIpc) is 3.29. The Morgan fingerprint density at radius 1 is 1.19 bits per heavy atom. The van der Waals surface area contributed by atoms with Gasteiger partial charge in [-0.3, -0.25) is 4.90 Å². The van der Waals surface area contributed by atoms with Gasteiger partial charge in [0.2, 0.25) is 5.13 Å². The highest BCUT2D eigenvalue weighted by Crippen LogP contribution is 2.31. The molecule has 0 saturated carbocycles. The van der Waals surface area contributed by atoms with Crippen LogP contribution in [0.4, 0.5) is 5.13 Å². The molecule has 0 radical (unpaired) electrons. The number of rotatable bonds is 5. The zero-order chi connectivity index (χ0) is 18.1. The minimum absolute atomic E-state index is 0.408. The Hall–Kier alpha value is -1.70. The highest BCUT2D eigenvalue weighted by molar-refractivity contribution is 7.15. The van der Waals surface area contributed by atoms with Crippen LogP contribution in [0.1, 0.15) is 29.1 Å². The van der Waals surface area contributed by atoms with Crippen molar-refractivity contribution < 1.29 is 4.74 Å². The lowest BCUT2D eigenvalue weighted by Gasteiger charge is -2.38. The molecule has 2 aliphatic heterocycles. The van der Waals surface area contributed by atoms with Crippen molar-refractivity contribution >= 4 is 16.5 Å². The number of benzene rings is 1. The van der Waals surface area contributed by atoms with Crippen LogP contribution in [0.2, 0.25) is 0 Å². The first-order valence-electron chi connectivity index (χ1n) is 9.32. The van der Waals surface area contributed by atoms with Gasteiger partial charge in [0.15, 0.2) is 0 Å². The summed E-state index contributed by atoms with van der Waals surface area (Å²) in [5, 5.41) is 10.9. The summed E-state index contributed by atoms with van der Waals surface area (Å²) in [7, 11) is 4.12. The molecule has 0 N–H and O–H groups in total. The molecule has 0 amide bonds. The van der Waals surface area contributed by atoms with Crippen LogP contribution < -0.4 is 9.64 Å². The lowest BCUT2D eigenvalue weighted by molar-refractivity contribution is 0.198. The Labute approximate surface area is 159 Å². The lowest BCUT2D eigenvalue weighted by atomic mass is 10.0. The number of hydrogen-bond acceptors (Lipinski definition) is 7. The summed E-state index contributed by atoms with van der Waals surface area (Å²) in [6.07, 6.45) is 1.04. The maximum Gasteiger partial charge on any atom is 0.208 e. The van der Waals surface area contributed by atoms with Gasteiger partial charge in [0.1, 0.15) is 10.8 Å². The molecule has 0 bridgehead atoms. The van der Waals surface area contributed by atoms with E-state index in [1.807, 2.05) is 0 Å². The summed E-state index contributed by atoms with van der Waals surface area (Å²) >= 11 is 1.71. The number of hydrogen-bond donors (Lipinski definition) is 0. The van der Waals surface area contributed by atoms with Gasteiger partial charge in [0.05, 0.1) is 13.2 Å². The van der Waals surface area contributed by atoms with E-state index in [-0.39, 0.29) is 0 Å². The summed E-state index contributed by atoms with van der Waals surface area (Å²) in [5.74, 6) is 1.08. The Bertz CT molecular complexity index is 754. The molecule has 2 aromatic rings. The largest absolute Gasteiger partial charge is 0.493 e. The monoisotopic (exact) mass is 373 g/mol. The summed E-state index contributed by atoms with van der Waals surface area (Å²) in [6.45, 7) is 8.07. The van der Waals surface area contributed by atoms with Crippen molar-refractivity contribution in [1.82, 2.24) is 20.0 Å². The molecule has 1 fully saturated rings. The third-order valence-electron chi connectivity index (χ3n) is 5.24. The van der Waals surface area contributed by atoms with Gasteiger partial charge in [-0.05, 0) is 38.2 Å². The number of anilines is 1. The van der Waals surface area contributed by atoms with E-state index in [0.717, 1.165) is 61.6 Å². The van der Waals surface area contributed by atoms with Crippen LogP contribution in [0.3, 0.4) is 0 Å². The zero-order valence-electron chi connectivity index (χ0n) is 15.8. The fourth-order valence-electron chi connectivity index (χ4n) is 3.66. The molecule has 2 aliphatic rings. The van der Waals surface area contributed by atoms with E-state index in [1.54, 1.807) is 11.3 Å². The van der Waals surface area contributed by atoms with Crippen molar-refractivity contribution in [3.63, 3.8) is 0 Å². The van der Waals surface area contributed by atoms with Crippen LogP contribution in [0.25, 0.3) is 0 Å². The van der Waals surface area contributed by atoms with E-state index >= 15 is 0 Å². The predicted octanol–water partition coefficient (Wildman–Crippen LogP) is 2.42. The molecule has 0 spiro atoms. The quantitative estimate of drug-likeness (QED) is 0.802. The predicted molar refractivity (Wildman–Crippen MR) is 105 cm³/mol. The second kappa shape index (κ2) is 7.50. The normalized spacial score (nSPS) is 18.8. The van der Waals surface area contributed by atoms with Gasteiger partial charge in [-0.1, -0.05) is 23.5 Å². The van der Waals surface area contributed by atoms with Crippen LogP contribution >= 0.6 is 11.3 Å². The molecule has 1 aromatic heterocycles. The maximum atomic E-state index is 5.74. The molecule has 4 rings (SSSR count). The first-order chi connectivity index (χ1) is 12.6. The smallest absolute Gasteiger partial charge is 0.208 e. The van der Waals surface area contributed by atoms with Crippen LogP contribution in [0.15, 0.2) is 18.2 Å². The lowest BCUT2D eigenvalue weighted by Crippen LogP contribution is -2.47. The fourth-order valence-corrected chi connectivity index (χ4v) is 4.67. The summed E-state index contributed by atoms with van der Waals surface area (Å²) < 4.78 is 5.74. The molecule has 6 nitrogen and oxygen atoms in total. The summed E-state index contributed by atoms with van der Waals surface area (Å²) in [6, 6.07) is 7.14. The van der Waals surface area contributed by atoms with Crippen molar-refractivity contribution in [3.05, 3.63) is 34.3 Å². The molecule has 7 heteroatoms. The fraction of sp³-hybridized carbons (Fsp3) is 0.579. The van der Waals surface area contributed by atoms with E-state index in [2.05, 4.69) is 64.1 Å². The third-order valence-corrected chi connectivity index (χ3v) is 6.21. The minimum Gasteiger partial charge on any atom is -0.493 e. The Balaban J connectivity index is 1.36. The summed E-state index contributed by atoms with van der Waals surface area (Å²) in [5.41, 5.74) is 2.69. The molecule has 1 aromatic carbocycles. The van der Waals surface area contributed by atoms with E-state index in [9.17, 15) is 0 Å². The molecule has 1 atom stereocenters. The summed E-state index contributed by atoms with van der Waals surface area (Å²) in [4.78, 5) is 7.05. The zero-order valence-corrected chi connectivity index (χ0v) is 16.6. The maximum absolute atomic E-state index is 5.74. The second-order valence-corrected chi connectivity index (χ2v) is 8.42. The Morgan fingerprint density at radius 3 is 2.77 bits per heavy atom. The first kappa shape index (κ1) is 17.7. The number of fused-ring (bicyclic) bond motifs is 1. The van der Waals surface area contributed by atoms with Crippen LogP contribution in [0.5, 0.6) is 5.75 Å². The minimum atomic E-state index is 0.408. The van der Waals surface area contributed by atoms with Crippen molar-refractivity contribution in [1.29, 1.82) is 0 Å². The molecule has 1 unspecified atom stereocenters. The van der Waals surface area contributed by atoms with E-state index in [0.29, 0.717) is 6.04 Å². The van der Waals surface area contributed by atoms with Gasteiger partial charge in [-0.25, -0.2) is 0 Å². The second-order valence-electron chi connectivity index (χ2n) is 7.38. The van der Waals surface area contributed by atoms with Crippen LogP contribution in [-0.4, -0.2) is 66.9 Å². The standard InChI is InChI=1S/C19H27N5OS/c1-14(16-5-4-15-6-11-25-17(15)12-16)23-7-9-24(10-8-23)19-21-20-18(26-19)13-22(2)3/h4-5,12,14H,6-11,13H2,1-3H3. The van der Waals surface area contributed by atoms with Crippen molar-refractivity contribution in [2.45, 2.75) is 25.9 Å². The van der Waals surface area contributed by atoms with Crippen LogP contribution in [-0.2, 0) is 13.0 Å². The molecule has 140 valence electrons.